The van der Waals surface area contributed by atoms with E-state index >= 15 is 0 Å². The molecular weight excluding hydrogens is 895 g/mol. The average molecular weight is 1020 g/mol. The molecule has 5 N–H and O–H groups in total. The minimum absolute atomic E-state index is 0.340. The first-order valence-electron chi connectivity index (χ1n) is 32.2. The smallest absolute Gasteiger partial charge is 0.0667 e. The largest absolute Gasteiger partial charge is 0.392 e. The molecule has 1 heterocycles. The van der Waals surface area contributed by atoms with Crippen molar-refractivity contribution in [1.29, 1.82) is 0 Å². The van der Waals surface area contributed by atoms with Gasteiger partial charge < -0.3 is 25.5 Å². The van der Waals surface area contributed by atoms with Crippen LogP contribution in [0.4, 0.5) is 0 Å². The predicted octanol–water partition coefficient (Wildman–Crippen LogP) is 12.8. The zero-order valence-corrected chi connectivity index (χ0v) is 49.1. The van der Waals surface area contributed by atoms with Crippen molar-refractivity contribution < 1.29 is 25.5 Å². The van der Waals surface area contributed by atoms with Gasteiger partial charge in [-0.05, 0) is 32.1 Å². The average Bonchev–Trinajstić information content (AvgIpc) is 3.37. The molecule has 1 saturated heterocycles. The molecule has 10 heteroatoms. The number of aliphatic hydroxyl groups is 5. The lowest BCUT2D eigenvalue weighted by atomic mass is 10.0. The molecule has 1 rings (SSSR count). The molecule has 0 aromatic heterocycles. The Kier molecular flexibility index (Phi) is 49.7. The summed E-state index contributed by atoms with van der Waals surface area (Å²) >= 11 is 0. The molecule has 0 saturated carbocycles. The third-order valence-corrected chi connectivity index (χ3v) is 16.0. The lowest BCUT2D eigenvalue weighted by molar-refractivity contribution is 0.0429. The van der Waals surface area contributed by atoms with Gasteiger partial charge in [0.25, 0.3) is 0 Å². The van der Waals surface area contributed by atoms with Crippen LogP contribution in [0.2, 0.25) is 0 Å². The van der Waals surface area contributed by atoms with E-state index in [1.54, 1.807) is 0 Å². The summed E-state index contributed by atoms with van der Waals surface area (Å²) in [5.41, 5.74) is 0. The van der Waals surface area contributed by atoms with E-state index in [1.807, 2.05) is 6.92 Å². The van der Waals surface area contributed by atoms with Crippen molar-refractivity contribution in [3.63, 3.8) is 0 Å². The van der Waals surface area contributed by atoms with Gasteiger partial charge in [-0.2, -0.15) is 0 Å². The maximum absolute atomic E-state index is 11.4. The Morgan fingerprint density at radius 2 is 0.500 bits per heavy atom. The highest BCUT2D eigenvalue weighted by atomic mass is 16.3. The zero-order chi connectivity index (χ0) is 52.5. The van der Waals surface area contributed by atoms with Crippen LogP contribution in [-0.4, -0.2) is 179 Å². The second-order valence-corrected chi connectivity index (χ2v) is 23.2. The Morgan fingerprint density at radius 1 is 0.278 bits per heavy atom. The van der Waals surface area contributed by atoms with Gasteiger partial charge in [0.1, 0.15) is 0 Å². The van der Waals surface area contributed by atoms with E-state index < -0.39 is 6.10 Å². The molecule has 0 amide bonds. The number of unbranched alkanes of at least 4 members (excludes halogenated alkanes) is 28. The maximum Gasteiger partial charge on any atom is 0.0667 e. The summed E-state index contributed by atoms with van der Waals surface area (Å²) in [6, 6.07) is 0. The molecule has 5 atom stereocenters. The van der Waals surface area contributed by atoms with Crippen LogP contribution < -0.4 is 0 Å². The van der Waals surface area contributed by atoms with Crippen molar-refractivity contribution in [2.24, 2.45) is 0 Å². The fourth-order valence-electron chi connectivity index (χ4n) is 10.9. The number of rotatable bonds is 56. The fraction of sp³-hybridized carbons (Fsp3) is 1.00. The highest BCUT2D eigenvalue weighted by molar-refractivity contribution is 4.78. The topological polar surface area (TPSA) is 117 Å². The van der Waals surface area contributed by atoms with E-state index in [4.69, 9.17) is 0 Å². The van der Waals surface area contributed by atoms with E-state index in [1.165, 1.54) is 180 Å². The van der Waals surface area contributed by atoms with E-state index in [2.05, 4.69) is 52.2 Å². The quantitative estimate of drug-likeness (QED) is 0.0377. The van der Waals surface area contributed by atoms with Crippen LogP contribution in [0.25, 0.3) is 0 Å². The number of nitrogens with zero attached hydrogens (tertiary/aromatic N) is 5. The standard InChI is InChI=1S/C62H129N5O5/c1-6-11-15-19-23-27-31-35-39-59(69)54-65(50-52-66(53-58(68)10-5)55-60(70)40-36-32-28-24-20-16-12-7-2)49-47-63-43-45-64(46-44-63)48-51-67(56-61(71)41-37-33-29-25-21-17-13-8-3)57-62(72)42-38-34-30-26-22-18-14-9-4/h58-62,68-72H,6-57H2,1-5H3/t58-,59-,60-,61-,62-/m1/s1. The second kappa shape index (κ2) is 51.4. The van der Waals surface area contributed by atoms with E-state index in [0.29, 0.717) is 39.1 Å². The Hall–Kier alpha value is -0.400. The number of aliphatic hydroxyl groups excluding tert-OH is 5. The van der Waals surface area contributed by atoms with Crippen molar-refractivity contribution >= 4 is 0 Å². The first kappa shape index (κ1) is 69.6. The van der Waals surface area contributed by atoms with Crippen LogP contribution in [0.15, 0.2) is 0 Å². The van der Waals surface area contributed by atoms with Crippen LogP contribution in [-0.2, 0) is 0 Å². The Labute approximate surface area is 449 Å². The normalized spacial score (nSPS) is 16.1. The van der Waals surface area contributed by atoms with E-state index in [9.17, 15) is 25.5 Å². The van der Waals surface area contributed by atoms with Gasteiger partial charge in [0.05, 0.1) is 30.5 Å². The molecule has 1 aliphatic heterocycles. The summed E-state index contributed by atoms with van der Waals surface area (Å²) in [6.45, 7) is 23.7. The lowest BCUT2D eigenvalue weighted by Crippen LogP contribution is -2.51. The van der Waals surface area contributed by atoms with Crippen LogP contribution in [0.5, 0.6) is 0 Å². The van der Waals surface area contributed by atoms with Gasteiger partial charge in [0.15, 0.2) is 0 Å². The molecule has 1 aliphatic rings. The molecule has 0 unspecified atom stereocenters. The van der Waals surface area contributed by atoms with Crippen molar-refractivity contribution in [2.45, 2.75) is 303 Å². The molecule has 0 spiro atoms. The molecule has 0 aromatic rings. The van der Waals surface area contributed by atoms with Gasteiger partial charge in [0.2, 0.25) is 0 Å². The van der Waals surface area contributed by atoms with Crippen LogP contribution in [0.3, 0.4) is 0 Å². The monoisotopic (exact) mass is 1020 g/mol. The summed E-state index contributed by atoms with van der Waals surface area (Å²) in [4.78, 5) is 12.3. The number of hydrogen-bond donors (Lipinski definition) is 5. The Bertz CT molecular complexity index is 1060. The predicted molar refractivity (Wildman–Crippen MR) is 311 cm³/mol. The van der Waals surface area contributed by atoms with Gasteiger partial charge in [-0.1, -0.05) is 240 Å². The van der Waals surface area contributed by atoms with Crippen molar-refractivity contribution in [2.75, 3.05) is 98.2 Å². The molecule has 432 valence electrons. The molecule has 0 bridgehead atoms. The Morgan fingerprint density at radius 3 is 0.792 bits per heavy atom. The van der Waals surface area contributed by atoms with E-state index in [0.717, 1.165) is 117 Å². The van der Waals surface area contributed by atoms with Crippen LogP contribution in [0, 0.1) is 0 Å². The molecule has 0 radical (unpaired) electrons. The van der Waals surface area contributed by atoms with Crippen molar-refractivity contribution in [3.8, 4) is 0 Å². The van der Waals surface area contributed by atoms with Gasteiger partial charge in [-0.15, -0.1) is 0 Å². The maximum atomic E-state index is 11.4. The molecular formula is C62H129N5O5. The molecule has 0 aromatic carbocycles. The Balaban J connectivity index is 2.80. The lowest BCUT2D eigenvalue weighted by Gasteiger charge is -2.37. The molecule has 0 aliphatic carbocycles. The minimum Gasteiger partial charge on any atom is -0.392 e. The first-order chi connectivity index (χ1) is 35.1. The van der Waals surface area contributed by atoms with Crippen molar-refractivity contribution in [1.82, 2.24) is 24.5 Å². The summed E-state index contributed by atoms with van der Waals surface area (Å²) in [6.07, 6.45) is 43.0. The van der Waals surface area contributed by atoms with Gasteiger partial charge in [-0.3, -0.25) is 24.5 Å². The van der Waals surface area contributed by atoms with Gasteiger partial charge >= 0.3 is 0 Å². The zero-order valence-electron chi connectivity index (χ0n) is 49.1. The van der Waals surface area contributed by atoms with Crippen LogP contribution >= 0.6 is 0 Å². The summed E-state index contributed by atoms with van der Waals surface area (Å²) < 4.78 is 0. The van der Waals surface area contributed by atoms with E-state index in [-0.39, 0.29) is 24.4 Å². The highest BCUT2D eigenvalue weighted by Gasteiger charge is 2.23. The summed E-state index contributed by atoms with van der Waals surface area (Å²) in [5, 5.41) is 55.7. The second-order valence-electron chi connectivity index (χ2n) is 23.2. The molecule has 72 heavy (non-hydrogen) atoms. The SMILES string of the molecule is CCCCCCCCCC[C@@H](O)CN(CCN1CCN(CCN(C[C@H](O)CCCCCCCCCC)C[C@H](O)CCCCCCCCCC)CC1)CCN(C[C@H](O)CC)C[C@H](O)CCCCCCCCCC. The molecule has 10 nitrogen and oxygen atoms in total. The third kappa shape index (κ3) is 43.7. The summed E-state index contributed by atoms with van der Waals surface area (Å²) in [5.74, 6) is 0. The number of piperazine rings is 1. The third-order valence-electron chi connectivity index (χ3n) is 16.0. The van der Waals surface area contributed by atoms with Gasteiger partial charge in [0, 0.05) is 98.2 Å². The fourth-order valence-corrected chi connectivity index (χ4v) is 10.9. The number of hydrogen-bond acceptors (Lipinski definition) is 10. The first-order valence-corrected chi connectivity index (χ1v) is 32.2. The van der Waals surface area contributed by atoms with Gasteiger partial charge in [-0.25, -0.2) is 0 Å². The summed E-state index contributed by atoms with van der Waals surface area (Å²) in [7, 11) is 0. The van der Waals surface area contributed by atoms with Crippen molar-refractivity contribution in [3.05, 3.63) is 0 Å². The molecule has 1 fully saturated rings. The van der Waals surface area contributed by atoms with Crippen LogP contribution in [0.1, 0.15) is 272 Å². The minimum atomic E-state index is -0.403. The highest BCUT2D eigenvalue weighted by Crippen LogP contribution is 2.17.